The first-order valence-corrected chi connectivity index (χ1v) is 16.8. The van der Waals surface area contributed by atoms with Crippen LogP contribution in [0.25, 0.3) is 6.08 Å². The molecule has 0 radical (unpaired) electrons. The Bertz CT molecular complexity index is 2100. The minimum absolute atomic E-state index is 0.189. The molecule has 236 valence electrons. The van der Waals surface area contributed by atoms with Crippen LogP contribution in [0.15, 0.2) is 80.1 Å². The third kappa shape index (κ3) is 6.77. The average Bonchev–Trinajstić information content (AvgIpc) is 3.32. The number of thiazole rings is 1. The van der Waals surface area contributed by atoms with Crippen LogP contribution in [0.1, 0.15) is 49.1 Å². The van der Waals surface area contributed by atoms with E-state index in [1.165, 1.54) is 15.9 Å². The van der Waals surface area contributed by atoms with Gasteiger partial charge in [0.25, 0.3) is 5.56 Å². The van der Waals surface area contributed by atoms with E-state index in [1.54, 1.807) is 59.3 Å². The summed E-state index contributed by atoms with van der Waals surface area (Å²) in [5, 5.41) is 9.44. The van der Waals surface area contributed by atoms with E-state index in [0.717, 1.165) is 13.6 Å². The molecule has 1 atom stereocenters. The van der Waals surface area contributed by atoms with Crippen molar-refractivity contribution in [3.63, 3.8) is 0 Å². The molecule has 0 aliphatic carbocycles. The molecule has 9 nitrogen and oxygen atoms in total. The predicted molar refractivity (Wildman–Crippen MR) is 187 cm³/mol. The third-order valence-electron chi connectivity index (χ3n) is 7.13. The van der Waals surface area contributed by atoms with Crippen LogP contribution in [-0.4, -0.2) is 30.9 Å². The van der Waals surface area contributed by atoms with Gasteiger partial charge in [-0.1, -0.05) is 45.5 Å². The van der Waals surface area contributed by atoms with Crippen molar-refractivity contribution in [2.75, 3.05) is 14.2 Å². The largest absolute Gasteiger partial charge is 0.496 e. The summed E-state index contributed by atoms with van der Waals surface area (Å²) >= 11 is 6.92. The minimum Gasteiger partial charge on any atom is -0.496 e. The van der Waals surface area contributed by atoms with Crippen LogP contribution >= 0.6 is 49.9 Å². The van der Waals surface area contributed by atoms with Crippen LogP contribution in [0.2, 0.25) is 0 Å². The summed E-state index contributed by atoms with van der Waals surface area (Å²) in [6.45, 7) is 5.48. The number of benzene rings is 3. The molecule has 12 heteroatoms. The fourth-order valence-corrected chi connectivity index (χ4v) is 7.30. The fourth-order valence-electron chi connectivity index (χ4n) is 5.09. The van der Waals surface area contributed by atoms with Crippen molar-refractivity contribution in [3.8, 4) is 23.3 Å². The van der Waals surface area contributed by atoms with Gasteiger partial charge in [-0.05, 0) is 91.4 Å². The number of fused-ring (bicyclic) bond motifs is 1. The van der Waals surface area contributed by atoms with E-state index in [1.807, 2.05) is 36.4 Å². The highest BCUT2D eigenvalue weighted by Gasteiger charge is 2.35. The quantitative estimate of drug-likeness (QED) is 0.150. The summed E-state index contributed by atoms with van der Waals surface area (Å²) in [6, 6.07) is 17.7. The second kappa shape index (κ2) is 14.2. The van der Waals surface area contributed by atoms with Gasteiger partial charge >= 0.3 is 5.97 Å². The molecule has 0 saturated carbocycles. The predicted octanol–water partition coefficient (Wildman–Crippen LogP) is 6.02. The molecule has 0 fully saturated rings. The molecule has 3 aromatic carbocycles. The lowest BCUT2D eigenvalue weighted by atomic mass is 9.95. The number of hydrogen-bond donors (Lipinski definition) is 0. The lowest BCUT2D eigenvalue weighted by molar-refractivity contribution is -0.143. The number of nitrogens with zero attached hydrogens (tertiary/aromatic N) is 3. The third-order valence-corrected chi connectivity index (χ3v) is 9.41. The van der Waals surface area contributed by atoms with Crippen LogP contribution < -0.4 is 29.1 Å². The van der Waals surface area contributed by atoms with Crippen LogP contribution in [0, 0.1) is 14.9 Å². The summed E-state index contributed by atoms with van der Waals surface area (Å²) in [5.41, 5.74) is 3.03. The van der Waals surface area contributed by atoms with Gasteiger partial charge in [0.15, 0.2) is 16.3 Å². The number of hydrogen-bond acceptors (Lipinski definition) is 9. The SMILES string of the molecule is COc1ccc(Br)cc1[C@H]1C(C(=O)OC(C)C)=C(C)N=c2s/c(=C\c3cc(I)c(OCc4ccccc4C#N)c(OC)c3)c(=O)n21. The average molecular weight is 814 g/mol. The van der Waals surface area contributed by atoms with Crippen molar-refractivity contribution >= 4 is 61.9 Å². The molecule has 0 amide bonds. The Morgan fingerprint density at radius 3 is 2.59 bits per heavy atom. The number of carbonyl (C=O) groups is 1. The second-order valence-corrected chi connectivity index (χ2v) is 13.6. The molecule has 46 heavy (non-hydrogen) atoms. The van der Waals surface area contributed by atoms with Gasteiger partial charge in [0.1, 0.15) is 18.4 Å². The maximum atomic E-state index is 14.2. The molecule has 1 aliphatic rings. The Kier molecular flexibility index (Phi) is 10.3. The van der Waals surface area contributed by atoms with Crippen molar-refractivity contribution in [1.29, 1.82) is 5.26 Å². The van der Waals surface area contributed by atoms with E-state index < -0.39 is 12.0 Å². The van der Waals surface area contributed by atoms with Crippen LogP contribution in [0.4, 0.5) is 0 Å². The summed E-state index contributed by atoms with van der Waals surface area (Å²) in [6.07, 6.45) is 1.40. The van der Waals surface area contributed by atoms with Gasteiger partial charge in [-0.3, -0.25) is 9.36 Å². The number of methoxy groups -OCH3 is 2. The molecular formula is C34H29BrIN3O6S. The topological polar surface area (TPSA) is 112 Å². The Balaban J connectivity index is 1.61. The number of ether oxygens (including phenoxy) is 4. The Morgan fingerprint density at radius 1 is 1.15 bits per heavy atom. The first-order chi connectivity index (χ1) is 22.1. The van der Waals surface area contributed by atoms with Gasteiger partial charge in [0.2, 0.25) is 0 Å². The number of rotatable bonds is 9. The molecule has 0 spiro atoms. The highest BCUT2D eigenvalue weighted by molar-refractivity contribution is 14.1. The maximum absolute atomic E-state index is 14.2. The monoisotopic (exact) mass is 813 g/mol. The molecule has 1 aromatic heterocycles. The van der Waals surface area contributed by atoms with Gasteiger partial charge in [0.05, 0.1) is 51.3 Å². The van der Waals surface area contributed by atoms with Gasteiger partial charge in [-0.15, -0.1) is 0 Å². The smallest absolute Gasteiger partial charge is 0.338 e. The van der Waals surface area contributed by atoms with Crippen molar-refractivity contribution in [3.05, 3.63) is 116 Å². The van der Waals surface area contributed by atoms with Crippen LogP contribution in [-0.2, 0) is 16.1 Å². The summed E-state index contributed by atoms with van der Waals surface area (Å²) in [4.78, 5) is 32.8. The molecule has 5 rings (SSSR count). The lowest BCUT2D eigenvalue weighted by Crippen LogP contribution is -2.40. The molecule has 0 bridgehead atoms. The van der Waals surface area contributed by atoms with E-state index in [-0.39, 0.29) is 23.8 Å². The standard InChI is InChI=1S/C34H29BrIN3O6S/c1-18(2)45-33(41)29-19(3)38-34-39(30(29)24-15-23(35)10-11-26(24)42-4)32(40)28(46-34)14-20-12-25(36)31(27(13-20)43-5)44-17-22-9-7-6-8-21(22)16-37/h6-15,18,30H,17H2,1-5H3/b28-14-/t30-/m0/s1. The van der Waals surface area contributed by atoms with Crippen molar-refractivity contribution in [2.45, 2.75) is 39.5 Å². The van der Waals surface area contributed by atoms with Crippen LogP contribution in [0.3, 0.4) is 0 Å². The molecule has 4 aromatic rings. The highest BCUT2D eigenvalue weighted by atomic mass is 127. The van der Waals surface area contributed by atoms with E-state index in [4.69, 9.17) is 18.9 Å². The fraction of sp³-hybridized carbons (Fsp3) is 0.235. The number of halogens is 2. The maximum Gasteiger partial charge on any atom is 0.338 e. The molecule has 0 unspecified atom stereocenters. The summed E-state index contributed by atoms with van der Waals surface area (Å²) in [5.74, 6) is 0.969. The van der Waals surface area contributed by atoms with Crippen molar-refractivity contribution < 1.29 is 23.7 Å². The molecule has 0 saturated heterocycles. The Labute approximate surface area is 291 Å². The normalized spacial score (nSPS) is 14.4. The summed E-state index contributed by atoms with van der Waals surface area (Å²) < 4.78 is 26.5. The van der Waals surface area contributed by atoms with Crippen molar-refractivity contribution in [1.82, 2.24) is 4.57 Å². The zero-order valence-electron chi connectivity index (χ0n) is 25.6. The number of nitriles is 1. The number of esters is 1. The Morgan fingerprint density at radius 2 is 1.89 bits per heavy atom. The van der Waals surface area contributed by atoms with E-state index >= 15 is 0 Å². The molecule has 1 aliphatic heterocycles. The van der Waals surface area contributed by atoms with Crippen molar-refractivity contribution in [2.24, 2.45) is 4.99 Å². The van der Waals surface area contributed by atoms with E-state index in [9.17, 15) is 14.9 Å². The Hall–Kier alpha value is -3.93. The molecular weight excluding hydrogens is 785 g/mol. The van der Waals surface area contributed by atoms with E-state index in [0.29, 0.717) is 49.0 Å². The van der Waals surface area contributed by atoms with Gasteiger partial charge in [-0.25, -0.2) is 9.79 Å². The number of allylic oxidation sites excluding steroid dienone is 1. The number of aromatic nitrogens is 1. The lowest BCUT2D eigenvalue weighted by Gasteiger charge is -2.26. The zero-order valence-corrected chi connectivity index (χ0v) is 30.2. The highest BCUT2D eigenvalue weighted by Crippen LogP contribution is 2.38. The van der Waals surface area contributed by atoms with Gasteiger partial charge in [-0.2, -0.15) is 5.26 Å². The first-order valence-electron chi connectivity index (χ1n) is 14.1. The zero-order chi connectivity index (χ0) is 33.1. The molecule has 2 heterocycles. The first kappa shape index (κ1) is 33.4. The number of carbonyl (C=O) groups excluding carboxylic acids is 1. The summed E-state index contributed by atoms with van der Waals surface area (Å²) in [7, 11) is 3.09. The van der Waals surface area contributed by atoms with E-state index in [2.05, 4.69) is 49.6 Å². The van der Waals surface area contributed by atoms with Gasteiger partial charge in [0, 0.05) is 15.6 Å². The molecule has 0 N–H and O–H groups in total. The van der Waals surface area contributed by atoms with Crippen LogP contribution in [0.5, 0.6) is 17.2 Å². The minimum atomic E-state index is -0.834. The second-order valence-electron chi connectivity index (χ2n) is 10.5. The van der Waals surface area contributed by atoms with Gasteiger partial charge < -0.3 is 18.9 Å².